The molecule has 12 heavy (non-hydrogen) atoms. The number of nitrogens with one attached hydrogen (secondary N) is 1. The molecule has 0 aliphatic rings. The lowest BCUT2D eigenvalue weighted by Crippen LogP contribution is -2.40. The molecule has 0 bridgehead atoms. The summed E-state index contributed by atoms with van der Waals surface area (Å²) < 4.78 is 0. The van der Waals surface area contributed by atoms with Gasteiger partial charge in [0.1, 0.15) is 0 Å². The Morgan fingerprint density at radius 3 is 2.50 bits per heavy atom. The van der Waals surface area contributed by atoms with Crippen LogP contribution >= 0.6 is 0 Å². The van der Waals surface area contributed by atoms with Gasteiger partial charge < -0.3 is 16.2 Å². The van der Waals surface area contributed by atoms with Crippen molar-refractivity contribution in [3.63, 3.8) is 0 Å². The Bertz CT molecular complexity index is 170. The third-order valence-corrected chi connectivity index (χ3v) is 1.35. The van der Waals surface area contributed by atoms with E-state index in [-0.39, 0.29) is 24.9 Å². The molecule has 0 heterocycles. The largest absolute Gasteiger partial charge is 0.481 e. The molecule has 1 amide bonds. The number of carboxylic acids is 1. The molecule has 0 fully saturated rings. The molecule has 70 valence electrons. The van der Waals surface area contributed by atoms with Crippen molar-refractivity contribution in [1.29, 1.82) is 0 Å². The summed E-state index contributed by atoms with van der Waals surface area (Å²) in [5.74, 6) is -1.29. The van der Waals surface area contributed by atoms with Crippen LogP contribution in [0.1, 0.15) is 26.2 Å². The van der Waals surface area contributed by atoms with Gasteiger partial charge in [-0.05, 0) is 6.42 Å². The van der Waals surface area contributed by atoms with Gasteiger partial charge in [-0.15, -0.1) is 0 Å². The van der Waals surface area contributed by atoms with Gasteiger partial charge in [0.05, 0.1) is 12.6 Å². The van der Waals surface area contributed by atoms with Crippen LogP contribution in [0.25, 0.3) is 0 Å². The Morgan fingerprint density at radius 1 is 1.50 bits per heavy atom. The summed E-state index contributed by atoms with van der Waals surface area (Å²) in [7, 11) is 0. The molecule has 5 heteroatoms. The lowest BCUT2D eigenvalue weighted by molar-refractivity contribution is -0.138. The van der Waals surface area contributed by atoms with Gasteiger partial charge in [0, 0.05) is 6.42 Å². The Balaban J connectivity index is 3.53. The third-order valence-electron chi connectivity index (χ3n) is 1.35. The summed E-state index contributed by atoms with van der Waals surface area (Å²) in [6.07, 6.45) is 0.107. The monoisotopic (exact) mass is 174 g/mol. The molecule has 0 aliphatic heterocycles. The second-order valence-electron chi connectivity index (χ2n) is 2.48. The number of aliphatic carboxylic acids is 1. The van der Waals surface area contributed by atoms with Crippen LogP contribution in [0.5, 0.6) is 0 Å². The fourth-order valence-electron chi connectivity index (χ4n) is 0.601. The van der Waals surface area contributed by atoms with Crippen LogP contribution in [-0.2, 0) is 9.59 Å². The molecular formula is C7H14N2O3. The van der Waals surface area contributed by atoms with Gasteiger partial charge in [0.15, 0.2) is 0 Å². The van der Waals surface area contributed by atoms with Gasteiger partial charge in [-0.2, -0.15) is 0 Å². The lowest BCUT2D eigenvalue weighted by atomic mass is 10.3. The van der Waals surface area contributed by atoms with E-state index in [1.54, 1.807) is 0 Å². The van der Waals surface area contributed by atoms with E-state index in [2.05, 4.69) is 5.32 Å². The Kier molecular flexibility index (Phi) is 5.03. The molecular weight excluding hydrogens is 160 g/mol. The van der Waals surface area contributed by atoms with Crippen LogP contribution in [-0.4, -0.2) is 23.1 Å². The average molecular weight is 174 g/mol. The van der Waals surface area contributed by atoms with Crippen molar-refractivity contribution in [2.45, 2.75) is 32.4 Å². The topological polar surface area (TPSA) is 92.4 Å². The molecule has 0 spiro atoms. The quantitative estimate of drug-likeness (QED) is 0.497. The standard InChI is InChI=1S/C7H14N2O3/c1-2-5(8)9-6(10)3-4-7(11)12/h5H,2-4,8H2,1H3,(H,9,10)(H,11,12). The van der Waals surface area contributed by atoms with E-state index in [9.17, 15) is 9.59 Å². The van der Waals surface area contributed by atoms with Crippen molar-refractivity contribution >= 4 is 11.9 Å². The van der Waals surface area contributed by atoms with Crippen molar-refractivity contribution < 1.29 is 14.7 Å². The molecule has 0 aromatic heterocycles. The predicted octanol–water partition coefficient (Wildman–Crippen LogP) is -0.338. The van der Waals surface area contributed by atoms with Gasteiger partial charge >= 0.3 is 5.97 Å². The van der Waals surface area contributed by atoms with Crippen LogP contribution in [0, 0.1) is 0 Å². The van der Waals surface area contributed by atoms with E-state index in [4.69, 9.17) is 10.8 Å². The maximum Gasteiger partial charge on any atom is 0.303 e. The summed E-state index contributed by atoms with van der Waals surface area (Å²) in [5, 5.41) is 10.7. The van der Waals surface area contributed by atoms with E-state index in [0.29, 0.717) is 6.42 Å². The maximum absolute atomic E-state index is 10.9. The molecule has 1 atom stereocenters. The summed E-state index contributed by atoms with van der Waals surface area (Å²) in [5.41, 5.74) is 5.40. The number of carbonyl (C=O) groups is 2. The SMILES string of the molecule is CCC(N)NC(=O)CCC(=O)O. The Morgan fingerprint density at radius 2 is 2.08 bits per heavy atom. The molecule has 0 saturated carbocycles. The molecule has 0 aromatic carbocycles. The first-order valence-corrected chi connectivity index (χ1v) is 3.83. The predicted molar refractivity (Wildman–Crippen MR) is 43.3 cm³/mol. The van der Waals surface area contributed by atoms with E-state index in [0.717, 1.165) is 0 Å². The highest BCUT2D eigenvalue weighted by Gasteiger charge is 2.07. The second kappa shape index (κ2) is 5.54. The fraction of sp³-hybridized carbons (Fsp3) is 0.714. The van der Waals surface area contributed by atoms with E-state index in [1.807, 2.05) is 6.92 Å². The summed E-state index contributed by atoms with van der Waals surface area (Å²) in [6.45, 7) is 1.84. The van der Waals surface area contributed by atoms with Crippen molar-refractivity contribution in [2.24, 2.45) is 5.73 Å². The molecule has 5 nitrogen and oxygen atoms in total. The van der Waals surface area contributed by atoms with E-state index < -0.39 is 5.97 Å². The minimum atomic E-state index is -0.977. The summed E-state index contributed by atoms with van der Waals surface area (Å²) in [6, 6.07) is 0. The van der Waals surface area contributed by atoms with Crippen LogP contribution in [0.3, 0.4) is 0 Å². The minimum Gasteiger partial charge on any atom is -0.481 e. The van der Waals surface area contributed by atoms with Crippen LogP contribution in [0.2, 0.25) is 0 Å². The number of hydrogen-bond donors (Lipinski definition) is 3. The van der Waals surface area contributed by atoms with E-state index in [1.165, 1.54) is 0 Å². The van der Waals surface area contributed by atoms with Gasteiger partial charge in [-0.3, -0.25) is 9.59 Å². The Hall–Kier alpha value is -1.10. The molecule has 1 unspecified atom stereocenters. The van der Waals surface area contributed by atoms with Gasteiger partial charge in [0.2, 0.25) is 5.91 Å². The molecule has 0 saturated heterocycles. The normalized spacial score (nSPS) is 12.2. The Labute approximate surface area is 70.9 Å². The smallest absolute Gasteiger partial charge is 0.303 e. The average Bonchev–Trinajstić information content (AvgIpc) is 2.00. The molecule has 0 rings (SSSR count). The zero-order valence-corrected chi connectivity index (χ0v) is 7.04. The number of rotatable bonds is 5. The van der Waals surface area contributed by atoms with Crippen molar-refractivity contribution in [2.75, 3.05) is 0 Å². The second-order valence-corrected chi connectivity index (χ2v) is 2.48. The zero-order chi connectivity index (χ0) is 9.56. The highest BCUT2D eigenvalue weighted by atomic mass is 16.4. The lowest BCUT2D eigenvalue weighted by Gasteiger charge is -2.10. The van der Waals surface area contributed by atoms with Gasteiger partial charge in [0.25, 0.3) is 0 Å². The number of nitrogens with two attached hydrogens (primary N) is 1. The third kappa shape index (κ3) is 5.67. The number of carboxylic acid groups (broad SMARTS) is 1. The first-order valence-electron chi connectivity index (χ1n) is 3.83. The fourth-order valence-corrected chi connectivity index (χ4v) is 0.601. The highest BCUT2D eigenvalue weighted by molar-refractivity contribution is 5.80. The number of amides is 1. The van der Waals surface area contributed by atoms with Crippen LogP contribution < -0.4 is 11.1 Å². The first-order chi connectivity index (χ1) is 5.56. The first kappa shape index (κ1) is 10.9. The van der Waals surface area contributed by atoms with Gasteiger partial charge in [-0.25, -0.2) is 0 Å². The highest BCUT2D eigenvalue weighted by Crippen LogP contribution is 1.90. The molecule has 0 aliphatic carbocycles. The van der Waals surface area contributed by atoms with Gasteiger partial charge in [-0.1, -0.05) is 6.92 Å². The van der Waals surface area contributed by atoms with Crippen LogP contribution in [0.15, 0.2) is 0 Å². The van der Waals surface area contributed by atoms with Crippen molar-refractivity contribution in [1.82, 2.24) is 5.32 Å². The summed E-state index contributed by atoms with van der Waals surface area (Å²) >= 11 is 0. The minimum absolute atomic E-state index is 0.0109. The van der Waals surface area contributed by atoms with E-state index >= 15 is 0 Å². The van der Waals surface area contributed by atoms with Crippen molar-refractivity contribution in [3.8, 4) is 0 Å². The molecule has 0 radical (unpaired) electrons. The summed E-state index contributed by atoms with van der Waals surface area (Å²) in [4.78, 5) is 20.9. The number of hydrogen-bond acceptors (Lipinski definition) is 3. The number of carbonyl (C=O) groups excluding carboxylic acids is 1. The molecule has 4 N–H and O–H groups in total. The van der Waals surface area contributed by atoms with Crippen LogP contribution in [0.4, 0.5) is 0 Å². The zero-order valence-electron chi connectivity index (χ0n) is 7.04. The maximum atomic E-state index is 10.9. The van der Waals surface area contributed by atoms with Crippen molar-refractivity contribution in [3.05, 3.63) is 0 Å². The molecule has 0 aromatic rings.